The number of H-pyrrole nitrogens is 1. The molecule has 1 aromatic rings. The zero-order chi connectivity index (χ0) is 4.41. The van der Waals surface area contributed by atoms with Gasteiger partial charge >= 0.3 is 0 Å². The van der Waals surface area contributed by atoms with Crippen molar-refractivity contribution in [2.45, 2.75) is 0 Å². The monoisotopic (exact) mass is 99.0 g/mol. The molecule has 0 amide bonds. The van der Waals surface area contributed by atoms with Gasteiger partial charge in [-0.1, -0.05) is 0 Å². The van der Waals surface area contributed by atoms with Crippen molar-refractivity contribution in [3.63, 3.8) is 0 Å². The number of rotatable bonds is 0. The van der Waals surface area contributed by atoms with Crippen molar-refractivity contribution >= 4 is 0 Å². The number of nitrogens with one attached hydrogen (secondary N) is 1. The largest absolute Gasteiger partial charge is 0.387 e. The Balaban J connectivity index is 0.000000360. The molecule has 37 valence electrons. The topological polar surface area (TPSA) is 76.5 Å². The second kappa shape index (κ2) is 2.20. The molecule has 0 unspecified atom stereocenters. The third-order valence-electron chi connectivity index (χ3n) is 0.447. The second-order valence-corrected chi connectivity index (χ2v) is 0.887. The van der Waals surface area contributed by atoms with Crippen LogP contribution >= 0.6 is 0 Å². The predicted molar refractivity (Wildman–Crippen MR) is 21.5 cm³/mol. The van der Waals surface area contributed by atoms with Crippen molar-refractivity contribution < 1.29 is 4.52 Å². The third kappa shape index (κ3) is 1.23. The van der Waals surface area contributed by atoms with Gasteiger partial charge in [0, 0.05) is 12.2 Å². The van der Waals surface area contributed by atoms with Crippen LogP contribution in [0.25, 0.3) is 0 Å². The average Bonchev–Trinajstić information content (AvgIpc) is 1.86. The molecule has 4 nitrogen and oxygen atoms in total. The first-order chi connectivity index (χ1) is 2.89. The standard InChI is InChI=1S/C3H3NO2.N/c5-3-1-2-6-4-3;/h1-2H,(H,4,5);. The minimum Gasteiger partial charge on any atom is -0.387 e. The number of hydrogen-bond donors (Lipinski definition) is 1. The Morgan fingerprint density at radius 2 is 2.43 bits per heavy atom. The lowest BCUT2D eigenvalue weighted by Crippen LogP contribution is -1.91. The maximum Gasteiger partial charge on any atom is 0.279 e. The van der Waals surface area contributed by atoms with E-state index in [1.165, 1.54) is 12.3 Å². The fourth-order valence-electron chi connectivity index (χ4n) is 0.222. The summed E-state index contributed by atoms with van der Waals surface area (Å²) >= 11 is 0. The van der Waals surface area contributed by atoms with Crippen LogP contribution in [0.1, 0.15) is 0 Å². The molecule has 0 atom stereocenters. The first-order valence-corrected chi connectivity index (χ1v) is 1.52. The second-order valence-electron chi connectivity index (χ2n) is 0.887. The Morgan fingerprint density at radius 3 is 2.57 bits per heavy atom. The van der Waals surface area contributed by atoms with Crippen molar-refractivity contribution in [3.05, 3.63) is 22.7 Å². The van der Waals surface area contributed by atoms with Gasteiger partial charge < -0.3 is 4.52 Å². The van der Waals surface area contributed by atoms with Gasteiger partial charge in [0.25, 0.3) is 5.56 Å². The van der Waals surface area contributed by atoms with Crippen LogP contribution in [0, 0.1) is 0 Å². The summed E-state index contributed by atoms with van der Waals surface area (Å²) in [5, 5.41) is 2.07. The molecule has 4 heteroatoms. The molecule has 7 heavy (non-hydrogen) atoms. The lowest BCUT2D eigenvalue weighted by molar-refractivity contribution is 0.413. The van der Waals surface area contributed by atoms with Gasteiger partial charge in [0.2, 0.25) is 0 Å². The van der Waals surface area contributed by atoms with Crippen LogP contribution in [0.15, 0.2) is 21.6 Å². The minimum absolute atomic E-state index is 0. The van der Waals surface area contributed by atoms with E-state index in [-0.39, 0.29) is 11.7 Å². The quantitative estimate of drug-likeness (QED) is 0.475. The lowest BCUT2D eigenvalue weighted by atomic mass is 10.8. The molecule has 0 aliphatic heterocycles. The maximum absolute atomic E-state index is 9.92. The van der Waals surface area contributed by atoms with E-state index in [0.717, 1.165) is 0 Å². The van der Waals surface area contributed by atoms with Crippen LogP contribution in [0.3, 0.4) is 0 Å². The Bertz CT molecular complexity index is 149. The molecular formula is C3H3N2O2. The van der Waals surface area contributed by atoms with E-state index in [4.69, 9.17) is 0 Å². The Labute approximate surface area is 39.7 Å². The molecular weight excluding hydrogens is 96.0 g/mol. The van der Waals surface area contributed by atoms with Crippen LogP contribution in [0.5, 0.6) is 0 Å². The lowest BCUT2D eigenvalue weighted by Gasteiger charge is -1.54. The molecule has 1 heterocycles. The minimum atomic E-state index is -0.199. The van der Waals surface area contributed by atoms with E-state index >= 15 is 0 Å². The predicted octanol–water partition coefficient (Wildman–Crippen LogP) is -0.513. The molecule has 0 bridgehead atoms. The van der Waals surface area contributed by atoms with Crippen LogP contribution < -0.4 is 11.7 Å². The van der Waals surface area contributed by atoms with Crippen LogP contribution in [0.2, 0.25) is 0 Å². The third-order valence-corrected chi connectivity index (χ3v) is 0.447. The van der Waals surface area contributed by atoms with Gasteiger partial charge in [0.1, 0.15) is 6.26 Å². The Kier molecular flexibility index (Phi) is 1.87. The van der Waals surface area contributed by atoms with Crippen molar-refractivity contribution in [2.75, 3.05) is 0 Å². The molecule has 0 spiro atoms. The number of aromatic nitrogens is 1. The first-order valence-electron chi connectivity index (χ1n) is 1.52. The van der Waals surface area contributed by atoms with Gasteiger partial charge in [-0.05, 0) is 0 Å². The smallest absolute Gasteiger partial charge is 0.279 e. The summed E-state index contributed by atoms with van der Waals surface area (Å²) in [6.45, 7) is 0. The normalized spacial score (nSPS) is 7.43. The maximum atomic E-state index is 9.92. The summed E-state index contributed by atoms with van der Waals surface area (Å²) in [5.74, 6) is 0. The van der Waals surface area contributed by atoms with Crippen molar-refractivity contribution in [2.24, 2.45) is 0 Å². The highest BCUT2D eigenvalue weighted by molar-refractivity contribution is 4.71. The van der Waals surface area contributed by atoms with Crippen LogP contribution in [0.4, 0.5) is 0 Å². The molecule has 1 N–H and O–H groups in total. The summed E-state index contributed by atoms with van der Waals surface area (Å²) < 4.78 is 4.28. The van der Waals surface area contributed by atoms with Crippen LogP contribution in [-0.2, 0) is 0 Å². The zero-order valence-electron chi connectivity index (χ0n) is 3.42. The molecule has 0 aliphatic carbocycles. The Hall–Kier alpha value is -1.03. The van der Waals surface area contributed by atoms with Gasteiger partial charge in [0.15, 0.2) is 0 Å². The summed E-state index contributed by atoms with van der Waals surface area (Å²) in [6.07, 6.45) is 1.29. The van der Waals surface area contributed by atoms with E-state index in [1.807, 2.05) is 0 Å². The first kappa shape index (κ1) is 5.97. The van der Waals surface area contributed by atoms with Gasteiger partial charge in [-0.15, -0.1) is 0 Å². The average molecular weight is 99.1 g/mol. The van der Waals surface area contributed by atoms with Crippen molar-refractivity contribution in [1.29, 1.82) is 0 Å². The van der Waals surface area contributed by atoms with Gasteiger partial charge in [-0.2, -0.15) is 5.16 Å². The fourth-order valence-corrected chi connectivity index (χ4v) is 0.222. The van der Waals surface area contributed by atoms with Gasteiger partial charge in [-0.25, -0.2) is 0 Å². The number of hydrogen-bond acceptors (Lipinski definition) is 2. The molecule has 0 aromatic carbocycles. The van der Waals surface area contributed by atoms with Gasteiger partial charge in [0.05, 0.1) is 0 Å². The number of nitrogens with zero attached hydrogens (tertiary/aromatic N) is 1. The van der Waals surface area contributed by atoms with E-state index in [2.05, 4.69) is 9.68 Å². The van der Waals surface area contributed by atoms with E-state index in [1.54, 1.807) is 0 Å². The Morgan fingerprint density at radius 1 is 1.71 bits per heavy atom. The molecule has 0 saturated heterocycles. The number of aromatic amines is 1. The van der Waals surface area contributed by atoms with E-state index in [9.17, 15) is 4.79 Å². The highest BCUT2D eigenvalue weighted by atomic mass is 16.5. The van der Waals surface area contributed by atoms with Crippen molar-refractivity contribution in [3.8, 4) is 0 Å². The summed E-state index contributed by atoms with van der Waals surface area (Å²) in [5.41, 5.74) is -0.199. The summed E-state index contributed by atoms with van der Waals surface area (Å²) in [7, 11) is 0. The van der Waals surface area contributed by atoms with Gasteiger partial charge in [-0.3, -0.25) is 4.79 Å². The fraction of sp³-hybridized carbons (Fsp3) is 0. The summed E-state index contributed by atoms with van der Waals surface area (Å²) in [4.78, 5) is 9.92. The van der Waals surface area contributed by atoms with E-state index < -0.39 is 0 Å². The molecule has 3 radical (unpaired) electrons. The highest BCUT2D eigenvalue weighted by Gasteiger charge is 1.73. The van der Waals surface area contributed by atoms with E-state index in [0.29, 0.717) is 0 Å². The zero-order valence-corrected chi connectivity index (χ0v) is 3.42. The molecule has 0 saturated carbocycles. The molecule has 1 aromatic heterocycles. The molecule has 0 fully saturated rings. The summed E-state index contributed by atoms with van der Waals surface area (Å²) in [6, 6.07) is 1.31. The highest BCUT2D eigenvalue weighted by Crippen LogP contribution is 1.62. The molecule has 0 aliphatic rings. The SMILES string of the molecule is O=c1cco[nH]1.[N]. The van der Waals surface area contributed by atoms with Crippen LogP contribution in [-0.4, -0.2) is 5.16 Å². The van der Waals surface area contributed by atoms with Crippen molar-refractivity contribution in [1.82, 2.24) is 11.3 Å². The molecule has 1 rings (SSSR count).